The van der Waals surface area contributed by atoms with E-state index in [1.807, 2.05) is 6.08 Å². The number of nitrogens with one attached hydrogen (secondary N) is 1. The predicted octanol–water partition coefficient (Wildman–Crippen LogP) is 22.8. The summed E-state index contributed by atoms with van der Waals surface area (Å²) in [5.74, 6) is -0.0554. The lowest BCUT2D eigenvalue weighted by Crippen LogP contribution is -2.45. The van der Waals surface area contributed by atoms with Crippen LogP contribution < -0.4 is 5.32 Å². The van der Waals surface area contributed by atoms with Gasteiger partial charge in [0.2, 0.25) is 5.91 Å². The van der Waals surface area contributed by atoms with Crippen molar-refractivity contribution in [2.75, 3.05) is 6.61 Å². The zero-order valence-electron chi connectivity index (χ0n) is 49.9. The molecule has 0 aromatic heterocycles. The zero-order chi connectivity index (χ0) is 52.7. The van der Waals surface area contributed by atoms with Crippen molar-refractivity contribution >= 4 is 5.91 Å². The number of hydrogen-bond donors (Lipinski definition) is 3. The molecule has 0 saturated heterocycles. The smallest absolute Gasteiger partial charge is 0.220 e. The van der Waals surface area contributed by atoms with Gasteiger partial charge in [0.15, 0.2) is 0 Å². The van der Waals surface area contributed by atoms with Crippen LogP contribution in [0.2, 0.25) is 0 Å². The van der Waals surface area contributed by atoms with Crippen LogP contribution in [0.5, 0.6) is 0 Å². The molecule has 3 N–H and O–H groups in total. The first-order valence-electron chi connectivity index (χ1n) is 33.7. The third kappa shape index (κ3) is 61.3. The molecule has 0 aliphatic rings. The number of rotatable bonds is 63. The van der Waals surface area contributed by atoms with Crippen LogP contribution in [0.1, 0.15) is 380 Å². The van der Waals surface area contributed by atoms with Crippen LogP contribution >= 0.6 is 0 Å². The van der Waals surface area contributed by atoms with E-state index in [9.17, 15) is 15.0 Å². The maximum atomic E-state index is 12.5. The van der Waals surface area contributed by atoms with E-state index in [-0.39, 0.29) is 12.5 Å². The molecule has 0 aromatic carbocycles. The molecule has 0 rings (SSSR count). The second kappa shape index (κ2) is 64.9. The first kappa shape index (κ1) is 71.6. The van der Waals surface area contributed by atoms with Crippen LogP contribution in [-0.2, 0) is 4.79 Å². The summed E-state index contributed by atoms with van der Waals surface area (Å²) < 4.78 is 0. The van der Waals surface area contributed by atoms with E-state index in [4.69, 9.17) is 0 Å². The molecule has 0 aliphatic heterocycles. The average molecular weight is 1020 g/mol. The number of amides is 1. The Kier molecular flexibility index (Phi) is 63.7. The quantitative estimate of drug-likeness (QED) is 0.0420. The number of unbranched alkanes of at least 4 members (excludes halogenated alkanes) is 52. The standard InChI is InChI=1S/C69H133NO3/c1-3-5-7-9-11-13-15-17-19-21-23-25-27-28-29-30-31-32-33-34-35-36-37-38-39-40-41-42-43-45-47-49-51-53-55-57-59-61-63-65-69(73)70-67(66-71)68(72)64-62-60-58-56-54-52-50-48-46-44-26-24-22-20-18-16-14-12-10-8-6-4-2/h15,17,21,23,62,64,67-68,71-72H,3-14,16,18-20,22,24-61,63,65-66H2,1-2H3,(H,70,73)/b17-15-,23-21-,64-62+. The minimum absolute atomic E-state index is 0.0554. The first-order valence-corrected chi connectivity index (χ1v) is 33.7. The topological polar surface area (TPSA) is 69.6 Å². The lowest BCUT2D eigenvalue weighted by atomic mass is 10.0. The van der Waals surface area contributed by atoms with Crippen LogP contribution in [0.15, 0.2) is 36.5 Å². The highest BCUT2D eigenvalue weighted by Crippen LogP contribution is 2.19. The molecule has 0 heterocycles. The largest absolute Gasteiger partial charge is 0.394 e. The molecule has 0 aliphatic carbocycles. The molecule has 2 unspecified atom stereocenters. The van der Waals surface area contributed by atoms with Crippen LogP contribution in [0.3, 0.4) is 0 Å². The predicted molar refractivity (Wildman–Crippen MR) is 327 cm³/mol. The van der Waals surface area contributed by atoms with E-state index in [0.29, 0.717) is 6.42 Å². The lowest BCUT2D eigenvalue weighted by molar-refractivity contribution is -0.123. The van der Waals surface area contributed by atoms with Gasteiger partial charge in [0.25, 0.3) is 0 Å². The number of allylic oxidation sites excluding steroid dienone is 5. The van der Waals surface area contributed by atoms with Crippen LogP contribution in [-0.4, -0.2) is 34.9 Å². The van der Waals surface area contributed by atoms with Gasteiger partial charge in [-0.15, -0.1) is 0 Å². The van der Waals surface area contributed by atoms with Gasteiger partial charge in [0.05, 0.1) is 18.8 Å². The van der Waals surface area contributed by atoms with Gasteiger partial charge in [-0.1, -0.05) is 359 Å². The summed E-state index contributed by atoms with van der Waals surface area (Å²) in [4.78, 5) is 12.5. The summed E-state index contributed by atoms with van der Waals surface area (Å²) >= 11 is 0. The van der Waals surface area contributed by atoms with E-state index < -0.39 is 12.1 Å². The molecule has 2 atom stereocenters. The molecular weight excluding hydrogens is 891 g/mol. The van der Waals surface area contributed by atoms with Crippen molar-refractivity contribution in [3.63, 3.8) is 0 Å². The second-order valence-corrected chi connectivity index (χ2v) is 23.2. The summed E-state index contributed by atoms with van der Waals surface area (Å²) in [5.41, 5.74) is 0. The summed E-state index contributed by atoms with van der Waals surface area (Å²) in [7, 11) is 0. The SMILES string of the molecule is CCCCCCC/C=C\C/C=C\CCCCCCCCCCCCCCCCCCCCCCCCCCCCCC(=O)NC(CO)C(O)/C=C/CCCCCCCCCCCCCCCCCCCCCC. The highest BCUT2D eigenvalue weighted by molar-refractivity contribution is 5.76. The third-order valence-corrected chi connectivity index (χ3v) is 15.9. The van der Waals surface area contributed by atoms with Crippen LogP contribution in [0, 0.1) is 0 Å². The summed E-state index contributed by atoms with van der Waals surface area (Å²) in [6.45, 7) is 4.34. The zero-order valence-corrected chi connectivity index (χ0v) is 49.9. The van der Waals surface area contributed by atoms with Crippen molar-refractivity contribution in [2.24, 2.45) is 0 Å². The van der Waals surface area contributed by atoms with E-state index in [1.165, 1.54) is 327 Å². The Balaban J connectivity index is 3.39. The molecular formula is C69H133NO3. The van der Waals surface area contributed by atoms with Gasteiger partial charge >= 0.3 is 0 Å². The maximum Gasteiger partial charge on any atom is 0.220 e. The molecule has 0 fully saturated rings. The number of carbonyl (C=O) groups is 1. The normalized spacial score (nSPS) is 12.9. The fraction of sp³-hybridized carbons (Fsp3) is 0.899. The van der Waals surface area contributed by atoms with E-state index in [0.717, 1.165) is 32.1 Å². The first-order chi connectivity index (χ1) is 36.2. The minimum Gasteiger partial charge on any atom is -0.394 e. The number of aliphatic hydroxyl groups is 2. The number of carbonyl (C=O) groups excluding carboxylic acids is 1. The molecule has 4 heteroatoms. The third-order valence-electron chi connectivity index (χ3n) is 15.9. The molecule has 73 heavy (non-hydrogen) atoms. The molecule has 0 aromatic rings. The van der Waals surface area contributed by atoms with Gasteiger partial charge in [-0.3, -0.25) is 4.79 Å². The van der Waals surface area contributed by atoms with Crippen molar-refractivity contribution in [1.82, 2.24) is 5.32 Å². The Labute approximate surface area is 459 Å². The lowest BCUT2D eigenvalue weighted by Gasteiger charge is -2.20. The van der Waals surface area contributed by atoms with Gasteiger partial charge in [0, 0.05) is 6.42 Å². The fourth-order valence-electron chi connectivity index (χ4n) is 10.7. The van der Waals surface area contributed by atoms with E-state index in [1.54, 1.807) is 6.08 Å². The highest BCUT2D eigenvalue weighted by atomic mass is 16.3. The Bertz CT molecular complexity index is 1110. The minimum atomic E-state index is -0.838. The monoisotopic (exact) mass is 1020 g/mol. The van der Waals surface area contributed by atoms with Crippen molar-refractivity contribution in [2.45, 2.75) is 392 Å². The maximum absolute atomic E-state index is 12.5. The van der Waals surface area contributed by atoms with Crippen molar-refractivity contribution in [1.29, 1.82) is 0 Å². The highest BCUT2D eigenvalue weighted by Gasteiger charge is 2.18. The van der Waals surface area contributed by atoms with E-state index in [2.05, 4.69) is 43.5 Å². The summed E-state index contributed by atoms with van der Waals surface area (Å²) in [6.07, 6.45) is 89.4. The molecule has 0 saturated carbocycles. The molecule has 4 nitrogen and oxygen atoms in total. The van der Waals surface area contributed by atoms with Crippen molar-refractivity contribution < 1.29 is 15.0 Å². The van der Waals surface area contributed by atoms with Gasteiger partial charge in [-0.25, -0.2) is 0 Å². The number of aliphatic hydroxyl groups excluding tert-OH is 2. The van der Waals surface area contributed by atoms with Crippen molar-refractivity contribution in [3.05, 3.63) is 36.5 Å². The van der Waals surface area contributed by atoms with E-state index >= 15 is 0 Å². The average Bonchev–Trinajstić information content (AvgIpc) is 3.40. The molecule has 0 spiro atoms. The molecule has 0 radical (unpaired) electrons. The van der Waals surface area contributed by atoms with Crippen LogP contribution in [0.4, 0.5) is 0 Å². The Morgan fingerprint density at radius 3 is 0.822 bits per heavy atom. The molecule has 432 valence electrons. The summed E-state index contributed by atoms with van der Waals surface area (Å²) in [5, 5.41) is 23.3. The Morgan fingerprint density at radius 2 is 0.562 bits per heavy atom. The van der Waals surface area contributed by atoms with Crippen molar-refractivity contribution in [3.8, 4) is 0 Å². The Morgan fingerprint density at radius 1 is 0.329 bits per heavy atom. The summed E-state index contributed by atoms with van der Waals surface area (Å²) in [6, 6.07) is -0.621. The van der Waals surface area contributed by atoms with Crippen LogP contribution in [0.25, 0.3) is 0 Å². The number of hydrogen-bond acceptors (Lipinski definition) is 3. The van der Waals surface area contributed by atoms with Gasteiger partial charge in [0.1, 0.15) is 0 Å². The fourth-order valence-corrected chi connectivity index (χ4v) is 10.7. The second-order valence-electron chi connectivity index (χ2n) is 23.2. The van der Waals surface area contributed by atoms with Gasteiger partial charge in [-0.2, -0.15) is 0 Å². The molecule has 1 amide bonds. The molecule has 0 bridgehead atoms. The van der Waals surface area contributed by atoms with Gasteiger partial charge < -0.3 is 15.5 Å². The Hall–Kier alpha value is -1.39. The van der Waals surface area contributed by atoms with Gasteiger partial charge in [-0.05, 0) is 51.4 Å².